The SMILES string of the molecule is CC(C)c1cccc(NN(C)C(=O)OC(C)(C)C)c1.CN(N)C(=O)OC(C)(C)C. The molecule has 0 saturated heterocycles. The van der Waals surface area contributed by atoms with Crippen LogP contribution in [0.3, 0.4) is 0 Å². The molecule has 0 fully saturated rings. The lowest BCUT2D eigenvalue weighted by atomic mass is 10.0. The van der Waals surface area contributed by atoms with Crippen molar-refractivity contribution in [1.82, 2.24) is 10.0 Å². The quantitative estimate of drug-likeness (QED) is 0.425. The molecule has 8 nitrogen and oxygen atoms in total. The summed E-state index contributed by atoms with van der Waals surface area (Å²) < 4.78 is 10.1. The zero-order valence-corrected chi connectivity index (χ0v) is 19.5. The Labute approximate surface area is 175 Å². The van der Waals surface area contributed by atoms with Gasteiger partial charge >= 0.3 is 12.2 Å². The standard InChI is InChI=1S/C15H24N2O2.C6H14N2O2/c1-11(2)12-8-7-9-13(10-12)16-17(6)14(18)19-15(3,4)5;1-6(2,3)10-5(9)8(4)7/h7-11,16H,1-6H3;7H2,1-4H3. The topological polar surface area (TPSA) is 97.1 Å². The van der Waals surface area contributed by atoms with Gasteiger partial charge in [-0.15, -0.1) is 0 Å². The number of hydrogen-bond acceptors (Lipinski definition) is 6. The summed E-state index contributed by atoms with van der Waals surface area (Å²) in [5, 5.41) is 2.26. The monoisotopic (exact) mass is 410 g/mol. The van der Waals surface area contributed by atoms with Crippen LogP contribution in [0.15, 0.2) is 24.3 Å². The minimum Gasteiger partial charge on any atom is -0.443 e. The number of nitrogens with zero attached hydrogens (tertiary/aromatic N) is 2. The molecule has 0 bridgehead atoms. The maximum atomic E-state index is 11.8. The van der Waals surface area contributed by atoms with Gasteiger partial charge < -0.3 is 9.47 Å². The first-order valence-electron chi connectivity index (χ1n) is 9.56. The predicted molar refractivity (Wildman–Crippen MR) is 116 cm³/mol. The first kappa shape index (κ1) is 26.5. The Morgan fingerprint density at radius 2 is 1.45 bits per heavy atom. The summed E-state index contributed by atoms with van der Waals surface area (Å²) in [5.74, 6) is 5.55. The first-order valence-corrected chi connectivity index (χ1v) is 9.56. The average Bonchev–Trinajstić information content (AvgIpc) is 2.52. The summed E-state index contributed by atoms with van der Waals surface area (Å²) >= 11 is 0. The molecule has 2 amide bonds. The molecule has 0 heterocycles. The van der Waals surface area contributed by atoms with E-state index in [2.05, 4.69) is 25.3 Å². The molecule has 0 aromatic heterocycles. The molecule has 0 saturated carbocycles. The minimum absolute atomic E-state index is 0.401. The van der Waals surface area contributed by atoms with Gasteiger partial charge in [0.1, 0.15) is 11.2 Å². The van der Waals surface area contributed by atoms with Crippen LogP contribution in [0.25, 0.3) is 0 Å². The van der Waals surface area contributed by atoms with Gasteiger partial charge in [-0.1, -0.05) is 26.0 Å². The molecule has 0 aliphatic rings. The Hall–Kier alpha value is -2.48. The van der Waals surface area contributed by atoms with E-state index in [9.17, 15) is 9.59 Å². The lowest BCUT2D eigenvalue weighted by Gasteiger charge is -2.25. The Balaban J connectivity index is 0.000000665. The Bertz CT molecular complexity index is 661. The molecule has 1 rings (SSSR count). The van der Waals surface area contributed by atoms with Crippen LogP contribution in [0.4, 0.5) is 15.3 Å². The van der Waals surface area contributed by atoms with E-state index in [1.165, 1.54) is 17.6 Å². The minimum atomic E-state index is -0.521. The second-order valence-electron chi connectivity index (χ2n) is 9.02. The van der Waals surface area contributed by atoms with E-state index in [4.69, 9.17) is 15.3 Å². The van der Waals surface area contributed by atoms with E-state index in [0.29, 0.717) is 5.92 Å². The highest BCUT2D eigenvalue weighted by Crippen LogP contribution is 2.19. The molecule has 1 aromatic rings. The number of hydrazine groups is 2. The maximum absolute atomic E-state index is 11.8. The van der Waals surface area contributed by atoms with Crippen molar-refractivity contribution in [2.45, 2.75) is 72.5 Å². The fourth-order valence-electron chi connectivity index (χ4n) is 1.87. The van der Waals surface area contributed by atoms with Gasteiger partial charge in [-0.05, 0) is 65.2 Å². The summed E-state index contributed by atoms with van der Waals surface area (Å²) in [6.45, 7) is 15.2. The van der Waals surface area contributed by atoms with Crippen molar-refractivity contribution in [3.05, 3.63) is 29.8 Å². The molecular formula is C21H38N4O4. The largest absolute Gasteiger partial charge is 0.443 e. The summed E-state index contributed by atoms with van der Waals surface area (Å²) in [4.78, 5) is 22.6. The number of nitrogens with two attached hydrogens (primary N) is 1. The van der Waals surface area contributed by atoms with Crippen LogP contribution >= 0.6 is 0 Å². The Morgan fingerprint density at radius 3 is 1.83 bits per heavy atom. The highest BCUT2D eigenvalue weighted by molar-refractivity contribution is 5.70. The van der Waals surface area contributed by atoms with Crippen molar-refractivity contribution in [3.8, 4) is 0 Å². The smallest absolute Gasteiger partial charge is 0.428 e. The molecule has 166 valence electrons. The number of hydrogen-bond donors (Lipinski definition) is 2. The van der Waals surface area contributed by atoms with Crippen LogP contribution in [-0.4, -0.2) is 47.5 Å². The van der Waals surface area contributed by atoms with E-state index in [0.717, 1.165) is 10.7 Å². The maximum Gasteiger partial charge on any atom is 0.428 e. The molecule has 0 unspecified atom stereocenters. The van der Waals surface area contributed by atoms with Crippen molar-refractivity contribution in [2.75, 3.05) is 19.5 Å². The third-order valence-electron chi connectivity index (χ3n) is 3.20. The molecule has 1 aromatic carbocycles. The predicted octanol–water partition coefficient (Wildman–Crippen LogP) is 4.73. The average molecular weight is 411 g/mol. The van der Waals surface area contributed by atoms with E-state index < -0.39 is 23.4 Å². The number of benzene rings is 1. The van der Waals surface area contributed by atoms with E-state index in [-0.39, 0.29) is 0 Å². The lowest BCUT2D eigenvalue weighted by Crippen LogP contribution is -2.38. The normalized spacial score (nSPS) is 11.2. The molecule has 29 heavy (non-hydrogen) atoms. The molecule has 0 aliphatic carbocycles. The fraction of sp³-hybridized carbons (Fsp3) is 0.619. The number of rotatable bonds is 3. The summed E-state index contributed by atoms with van der Waals surface area (Å²) in [6.07, 6.45) is -0.921. The second-order valence-corrected chi connectivity index (χ2v) is 9.02. The highest BCUT2D eigenvalue weighted by Gasteiger charge is 2.19. The van der Waals surface area contributed by atoms with Gasteiger partial charge in [0.2, 0.25) is 0 Å². The number of carbonyl (C=O) groups is 2. The molecule has 0 atom stereocenters. The van der Waals surface area contributed by atoms with Gasteiger partial charge in [0.05, 0.1) is 5.69 Å². The first-order chi connectivity index (χ1) is 13.0. The Kier molecular flexibility index (Phi) is 9.97. The van der Waals surface area contributed by atoms with Gasteiger partial charge in [0, 0.05) is 14.1 Å². The van der Waals surface area contributed by atoms with Crippen molar-refractivity contribution >= 4 is 17.9 Å². The van der Waals surface area contributed by atoms with Gasteiger partial charge in [0.25, 0.3) is 0 Å². The van der Waals surface area contributed by atoms with Crippen molar-refractivity contribution in [1.29, 1.82) is 0 Å². The van der Waals surface area contributed by atoms with E-state index >= 15 is 0 Å². The molecule has 0 spiro atoms. The van der Waals surface area contributed by atoms with Crippen molar-refractivity contribution < 1.29 is 19.1 Å². The third-order valence-corrected chi connectivity index (χ3v) is 3.20. The third kappa shape index (κ3) is 12.6. The van der Waals surface area contributed by atoms with Crippen LogP contribution < -0.4 is 11.3 Å². The van der Waals surface area contributed by atoms with Crippen LogP contribution in [0.2, 0.25) is 0 Å². The van der Waals surface area contributed by atoms with Crippen molar-refractivity contribution in [2.24, 2.45) is 5.84 Å². The lowest BCUT2D eigenvalue weighted by molar-refractivity contribution is 0.0295. The number of carbonyl (C=O) groups excluding carboxylic acids is 2. The molecule has 3 N–H and O–H groups in total. The number of nitrogens with one attached hydrogen (secondary N) is 1. The number of amides is 2. The summed E-state index contributed by atoms with van der Waals surface area (Å²) in [5.41, 5.74) is 4.16. The summed E-state index contributed by atoms with van der Waals surface area (Å²) in [6, 6.07) is 8.00. The highest BCUT2D eigenvalue weighted by atomic mass is 16.6. The molecule has 0 aliphatic heterocycles. The van der Waals surface area contributed by atoms with Gasteiger partial charge in [-0.2, -0.15) is 0 Å². The van der Waals surface area contributed by atoms with Crippen LogP contribution in [0, 0.1) is 0 Å². The molecule has 8 heteroatoms. The van der Waals surface area contributed by atoms with Gasteiger partial charge in [-0.3, -0.25) is 5.43 Å². The van der Waals surface area contributed by atoms with Crippen LogP contribution in [0.1, 0.15) is 66.9 Å². The van der Waals surface area contributed by atoms with E-state index in [1.54, 1.807) is 27.8 Å². The van der Waals surface area contributed by atoms with Crippen molar-refractivity contribution in [3.63, 3.8) is 0 Å². The molecule has 0 radical (unpaired) electrons. The Morgan fingerprint density at radius 1 is 0.966 bits per heavy atom. The van der Waals surface area contributed by atoms with E-state index in [1.807, 2.05) is 39.0 Å². The second kappa shape index (κ2) is 10.9. The molecular weight excluding hydrogens is 372 g/mol. The number of ether oxygens (including phenoxy) is 2. The van der Waals surface area contributed by atoms with Gasteiger partial charge in [-0.25, -0.2) is 25.4 Å². The number of anilines is 1. The zero-order chi connectivity index (χ0) is 23.0. The summed E-state index contributed by atoms with van der Waals surface area (Å²) in [7, 11) is 3.09. The fourth-order valence-corrected chi connectivity index (χ4v) is 1.87. The zero-order valence-electron chi connectivity index (χ0n) is 19.5. The van der Waals surface area contributed by atoms with Gasteiger partial charge in [0.15, 0.2) is 0 Å². The van der Waals surface area contributed by atoms with Crippen LogP contribution in [0.5, 0.6) is 0 Å². The van der Waals surface area contributed by atoms with Crippen LogP contribution in [-0.2, 0) is 9.47 Å².